The summed E-state index contributed by atoms with van der Waals surface area (Å²) in [4.78, 5) is 23.8. The Balaban J connectivity index is 1.88. The number of carbonyl (C=O) groups is 2. The lowest BCUT2D eigenvalue weighted by Crippen LogP contribution is -2.15. The zero-order valence-corrected chi connectivity index (χ0v) is 15.9. The molecule has 26 heavy (non-hydrogen) atoms. The maximum atomic E-state index is 12.2. The predicted octanol–water partition coefficient (Wildman–Crippen LogP) is 4.31. The number of rotatable bonds is 8. The van der Waals surface area contributed by atoms with Crippen LogP contribution < -0.4 is 10.1 Å². The Morgan fingerprint density at radius 1 is 1.15 bits per heavy atom. The number of anilines is 1. The van der Waals surface area contributed by atoms with Crippen LogP contribution in [0.4, 0.5) is 5.69 Å². The van der Waals surface area contributed by atoms with Crippen LogP contribution in [0.2, 0.25) is 0 Å². The van der Waals surface area contributed by atoms with Crippen LogP contribution >= 0.6 is 11.8 Å². The molecule has 0 heterocycles. The molecule has 0 atom stereocenters. The van der Waals surface area contributed by atoms with E-state index in [2.05, 4.69) is 31.3 Å². The van der Waals surface area contributed by atoms with Gasteiger partial charge in [-0.2, -0.15) is 0 Å². The van der Waals surface area contributed by atoms with Crippen molar-refractivity contribution in [2.24, 2.45) is 0 Å². The SMILES string of the molecule is Cc1cc(OCC(=O)O)ccc1NC(=O)CSc1ccc(C(C)C)cc1. The molecule has 0 aliphatic heterocycles. The molecular weight excluding hydrogens is 350 g/mol. The molecule has 1 amide bonds. The van der Waals surface area contributed by atoms with Crippen LogP contribution in [0.1, 0.15) is 30.9 Å². The van der Waals surface area contributed by atoms with Crippen molar-refractivity contribution < 1.29 is 19.4 Å². The molecule has 2 aromatic carbocycles. The molecule has 2 aromatic rings. The Kier molecular flexibility index (Phi) is 7.09. The molecular formula is C20H23NO4S. The van der Waals surface area contributed by atoms with Gasteiger partial charge in [0.1, 0.15) is 5.75 Å². The van der Waals surface area contributed by atoms with Crippen molar-refractivity contribution in [3.05, 3.63) is 53.6 Å². The Hall–Kier alpha value is -2.47. The van der Waals surface area contributed by atoms with Gasteiger partial charge in [-0.1, -0.05) is 26.0 Å². The highest BCUT2D eigenvalue weighted by Crippen LogP contribution is 2.24. The summed E-state index contributed by atoms with van der Waals surface area (Å²) in [5.41, 5.74) is 2.78. The maximum absolute atomic E-state index is 12.2. The normalized spacial score (nSPS) is 10.6. The van der Waals surface area contributed by atoms with Crippen molar-refractivity contribution in [1.82, 2.24) is 0 Å². The van der Waals surface area contributed by atoms with Gasteiger partial charge in [0, 0.05) is 10.6 Å². The number of carbonyl (C=O) groups excluding carboxylic acids is 1. The minimum atomic E-state index is -1.03. The summed E-state index contributed by atoms with van der Waals surface area (Å²) < 4.78 is 5.12. The Bertz CT molecular complexity index is 772. The summed E-state index contributed by atoms with van der Waals surface area (Å²) in [6.07, 6.45) is 0. The lowest BCUT2D eigenvalue weighted by atomic mass is 10.0. The second-order valence-corrected chi connectivity index (χ2v) is 7.27. The van der Waals surface area contributed by atoms with Gasteiger partial charge in [-0.25, -0.2) is 4.79 Å². The molecule has 5 nitrogen and oxygen atoms in total. The summed E-state index contributed by atoms with van der Waals surface area (Å²) in [6.45, 7) is 5.74. The Morgan fingerprint density at radius 2 is 1.85 bits per heavy atom. The van der Waals surface area contributed by atoms with E-state index in [0.717, 1.165) is 10.5 Å². The topological polar surface area (TPSA) is 75.6 Å². The predicted molar refractivity (Wildman–Crippen MR) is 104 cm³/mol. The largest absolute Gasteiger partial charge is 0.482 e. The monoisotopic (exact) mass is 373 g/mol. The van der Waals surface area contributed by atoms with E-state index in [4.69, 9.17) is 9.84 Å². The average molecular weight is 373 g/mol. The summed E-state index contributed by atoms with van der Waals surface area (Å²) in [5.74, 6) is 0.145. The van der Waals surface area contributed by atoms with Crippen LogP contribution in [0.5, 0.6) is 5.75 Å². The van der Waals surface area contributed by atoms with Gasteiger partial charge in [-0.05, 0) is 54.3 Å². The van der Waals surface area contributed by atoms with Gasteiger partial charge in [0.05, 0.1) is 5.75 Å². The first-order valence-corrected chi connectivity index (χ1v) is 9.31. The minimum Gasteiger partial charge on any atom is -0.482 e. The second kappa shape index (κ2) is 9.29. The van der Waals surface area contributed by atoms with Gasteiger partial charge in [0.2, 0.25) is 5.91 Å². The fraction of sp³-hybridized carbons (Fsp3) is 0.300. The third-order valence-corrected chi connectivity index (χ3v) is 4.76. The van der Waals surface area contributed by atoms with Crippen LogP contribution in [0.25, 0.3) is 0 Å². The molecule has 0 aliphatic carbocycles. The number of amides is 1. The quantitative estimate of drug-likeness (QED) is 0.674. The first-order valence-electron chi connectivity index (χ1n) is 8.33. The molecule has 0 unspecified atom stereocenters. The molecule has 0 aliphatic rings. The maximum Gasteiger partial charge on any atom is 0.341 e. The molecule has 0 aromatic heterocycles. The zero-order valence-electron chi connectivity index (χ0n) is 15.1. The highest BCUT2D eigenvalue weighted by Gasteiger charge is 2.08. The molecule has 0 bridgehead atoms. The van der Waals surface area contributed by atoms with Gasteiger partial charge in [0.15, 0.2) is 6.61 Å². The molecule has 0 saturated carbocycles. The van der Waals surface area contributed by atoms with Crippen molar-refractivity contribution in [3.63, 3.8) is 0 Å². The number of hydrogen-bond acceptors (Lipinski definition) is 4. The number of nitrogens with one attached hydrogen (secondary N) is 1. The standard InChI is InChI=1S/C20H23NO4S/c1-13(2)15-4-7-17(8-5-15)26-12-19(22)21-18-9-6-16(10-14(18)3)25-11-20(23)24/h4-10,13H,11-12H2,1-3H3,(H,21,22)(H,23,24). The van der Waals surface area contributed by atoms with Gasteiger partial charge in [-0.3, -0.25) is 4.79 Å². The van der Waals surface area contributed by atoms with Gasteiger partial charge in [-0.15, -0.1) is 11.8 Å². The lowest BCUT2D eigenvalue weighted by Gasteiger charge is -2.11. The van der Waals surface area contributed by atoms with E-state index in [0.29, 0.717) is 23.1 Å². The summed E-state index contributed by atoms with van der Waals surface area (Å²) in [7, 11) is 0. The highest BCUT2D eigenvalue weighted by atomic mass is 32.2. The first-order chi connectivity index (χ1) is 12.3. The number of ether oxygens (including phenoxy) is 1. The van der Waals surface area contributed by atoms with Crippen molar-refractivity contribution in [2.45, 2.75) is 31.6 Å². The fourth-order valence-electron chi connectivity index (χ4n) is 2.30. The van der Waals surface area contributed by atoms with E-state index >= 15 is 0 Å². The van der Waals surface area contributed by atoms with Crippen molar-refractivity contribution in [3.8, 4) is 5.75 Å². The van der Waals surface area contributed by atoms with E-state index in [1.54, 1.807) is 18.2 Å². The second-order valence-electron chi connectivity index (χ2n) is 6.22. The first kappa shape index (κ1) is 19.8. The van der Waals surface area contributed by atoms with Crippen LogP contribution in [0.15, 0.2) is 47.4 Å². The number of thioether (sulfide) groups is 1. The summed E-state index contributed by atoms with van der Waals surface area (Å²) >= 11 is 1.49. The van der Waals surface area contributed by atoms with E-state index in [1.807, 2.05) is 19.1 Å². The molecule has 0 spiro atoms. The van der Waals surface area contributed by atoms with Crippen molar-refractivity contribution >= 4 is 29.3 Å². The molecule has 2 rings (SSSR count). The van der Waals surface area contributed by atoms with Crippen molar-refractivity contribution in [1.29, 1.82) is 0 Å². The number of aryl methyl sites for hydroxylation is 1. The highest BCUT2D eigenvalue weighted by molar-refractivity contribution is 8.00. The van der Waals surface area contributed by atoms with Crippen molar-refractivity contribution in [2.75, 3.05) is 17.7 Å². The van der Waals surface area contributed by atoms with Gasteiger partial charge < -0.3 is 15.2 Å². The van der Waals surface area contributed by atoms with E-state index in [1.165, 1.54) is 17.3 Å². The average Bonchev–Trinajstić information content (AvgIpc) is 2.60. The van der Waals surface area contributed by atoms with Gasteiger partial charge in [0.25, 0.3) is 0 Å². The number of carboxylic acids is 1. The summed E-state index contributed by atoms with van der Waals surface area (Å²) in [5, 5.41) is 11.5. The zero-order chi connectivity index (χ0) is 19.1. The fourth-order valence-corrected chi connectivity index (χ4v) is 2.99. The number of aliphatic carboxylic acids is 1. The van der Waals surface area contributed by atoms with Gasteiger partial charge >= 0.3 is 5.97 Å². The minimum absolute atomic E-state index is 0.0924. The molecule has 0 fully saturated rings. The molecule has 6 heteroatoms. The van der Waals surface area contributed by atoms with Crippen LogP contribution in [0.3, 0.4) is 0 Å². The van der Waals surface area contributed by atoms with Crippen LogP contribution in [-0.4, -0.2) is 29.3 Å². The Morgan fingerprint density at radius 3 is 2.42 bits per heavy atom. The lowest BCUT2D eigenvalue weighted by molar-refractivity contribution is -0.139. The summed E-state index contributed by atoms with van der Waals surface area (Å²) in [6, 6.07) is 13.3. The molecule has 0 radical (unpaired) electrons. The number of hydrogen-bond donors (Lipinski definition) is 2. The Labute approximate surface area is 157 Å². The molecule has 2 N–H and O–H groups in total. The van der Waals surface area contributed by atoms with E-state index in [9.17, 15) is 9.59 Å². The van der Waals surface area contributed by atoms with Crippen LogP contribution in [0, 0.1) is 6.92 Å². The third-order valence-electron chi connectivity index (χ3n) is 3.75. The smallest absolute Gasteiger partial charge is 0.341 e. The van der Waals surface area contributed by atoms with E-state index < -0.39 is 12.6 Å². The number of benzene rings is 2. The molecule has 0 saturated heterocycles. The number of carboxylic acid groups (broad SMARTS) is 1. The van der Waals surface area contributed by atoms with E-state index in [-0.39, 0.29) is 5.91 Å². The third kappa shape index (κ3) is 6.11. The van der Waals surface area contributed by atoms with Crippen LogP contribution in [-0.2, 0) is 9.59 Å². The molecule has 138 valence electrons.